The third-order valence-corrected chi connectivity index (χ3v) is 5.02. The summed E-state index contributed by atoms with van der Waals surface area (Å²) < 4.78 is 33.9. The Morgan fingerprint density at radius 1 is 1.32 bits per heavy atom. The molecule has 0 bridgehead atoms. The molecule has 0 spiro atoms. The number of hydrogen-bond acceptors (Lipinski definition) is 5. The lowest BCUT2D eigenvalue weighted by molar-refractivity contribution is 0.0216. The average Bonchev–Trinajstić information content (AvgIpc) is 3.01. The maximum Gasteiger partial charge on any atom is 0.263 e. The average molecular weight is 367 g/mol. The second-order valence-electron chi connectivity index (χ2n) is 6.39. The van der Waals surface area contributed by atoms with E-state index in [0.717, 1.165) is 5.56 Å². The van der Waals surface area contributed by atoms with Gasteiger partial charge < -0.3 is 15.0 Å². The zero-order chi connectivity index (χ0) is 17.4. The lowest BCUT2D eigenvalue weighted by atomic mass is 9.93. The van der Waals surface area contributed by atoms with Crippen molar-refractivity contribution in [1.29, 1.82) is 0 Å². The van der Waals surface area contributed by atoms with Crippen molar-refractivity contribution in [1.82, 2.24) is 10.2 Å². The second-order valence-corrected chi connectivity index (χ2v) is 6.78. The minimum Gasteiger partial charge on any atom is -0.372 e. The summed E-state index contributed by atoms with van der Waals surface area (Å²) in [6.45, 7) is 0.862. The molecular formula is C17H17ClF2N4O. The zero-order valence-electron chi connectivity index (χ0n) is 13.3. The molecule has 5 nitrogen and oxygen atoms in total. The van der Waals surface area contributed by atoms with Crippen molar-refractivity contribution in [2.75, 3.05) is 23.3 Å². The van der Waals surface area contributed by atoms with Crippen LogP contribution in [0.1, 0.15) is 12.0 Å². The van der Waals surface area contributed by atoms with Crippen LogP contribution in [0, 0.1) is 0 Å². The maximum absolute atomic E-state index is 14.0. The first-order valence-electron chi connectivity index (χ1n) is 8.07. The summed E-state index contributed by atoms with van der Waals surface area (Å²) in [5.41, 5.74) is 0.254. The van der Waals surface area contributed by atoms with E-state index in [1.54, 1.807) is 11.0 Å². The molecule has 1 N–H and O–H groups in total. The molecule has 2 aliphatic rings. The summed E-state index contributed by atoms with van der Waals surface area (Å²) in [6, 6.07) is 11.3. The van der Waals surface area contributed by atoms with Gasteiger partial charge in [-0.15, -0.1) is 10.2 Å². The van der Waals surface area contributed by atoms with E-state index in [-0.39, 0.29) is 24.2 Å². The van der Waals surface area contributed by atoms with Gasteiger partial charge in [-0.05, 0) is 5.56 Å². The topological polar surface area (TPSA) is 50.3 Å². The predicted octanol–water partition coefficient (Wildman–Crippen LogP) is 3.35. The maximum atomic E-state index is 14.0. The van der Waals surface area contributed by atoms with Crippen LogP contribution in [0.4, 0.5) is 20.3 Å². The van der Waals surface area contributed by atoms with Gasteiger partial charge in [0.25, 0.3) is 6.43 Å². The van der Waals surface area contributed by atoms with Gasteiger partial charge in [-0.2, -0.15) is 0 Å². The highest BCUT2D eigenvalue weighted by Gasteiger charge is 2.55. The fourth-order valence-electron chi connectivity index (χ4n) is 3.57. The molecule has 2 aliphatic heterocycles. The van der Waals surface area contributed by atoms with Crippen molar-refractivity contribution >= 4 is 23.1 Å². The van der Waals surface area contributed by atoms with Crippen LogP contribution in [0.2, 0.25) is 5.15 Å². The standard InChI is InChI=1S/C17H17ClF2N4O/c18-14-6-13-15(23-22-14)21-10-17(16(19)20)7-12(8-24(13)17)25-9-11-4-2-1-3-5-11/h1-6,12,16H,7-10H2,(H,21,23)/t12?,17-/m1/s1. The number of ether oxygens (including phenoxy) is 1. The number of benzene rings is 1. The highest BCUT2D eigenvalue weighted by atomic mass is 35.5. The highest BCUT2D eigenvalue weighted by molar-refractivity contribution is 6.29. The van der Waals surface area contributed by atoms with Gasteiger partial charge in [0.15, 0.2) is 11.0 Å². The summed E-state index contributed by atoms with van der Waals surface area (Å²) in [4.78, 5) is 1.68. The Hall–Kier alpha value is -1.99. The Kier molecular flexibility index (Phi) is 4.21. The van der Waals surface area contributed by atoms with Crippen LogP contribution in [0.5, 0.6) is 0 Å². The molecule has 3 heterocycles. The summed E-state index contributed by atoms with van der Waals surface area (Å²) in [5.74, 6) is 0.476. The van der Waals surface area contributed by atoms with Gasteiger partial charge in [-0.25, -0.2) is 8.78 Å². The third-order valence-electron chi connectivity index (χ3n) is 4.84. The Labute approximate surface area is 148 Å². The van der Waals surface area contributed by atoms with Crippen molar-refractivity contribution < 1.29 is 13.5 Å². The van der Waals surface area contributed by atoms with Gasteiger partial charge in [0.05, 0.1) is 18.4 Å². The van der Waals surface area contributed by atoms with Gasteiger partial charge in [0.2, 0.25) is 0 Å². The number of nitrogens with zero attached hydrogens (tertiary/aromatic N) is 3. The molecule has 1 unspecified atom stereocenters. The Morgan fingerprint density at radius 2 is 2.12 bits per heavy atom. The molecule has 1 fully saturated rings. The molecule has 25 heavy (non-hydrogen) atoms. The van der Waals surface area contributed by atoms with E-state index in [1.165, 1.54) is 0 Å². The molecule has 0 saturated carbocycles. The lowest BCUT2D eigenvalue weighted by Gasteiger charge is -2.43. The van der Waals surface area contributed by atoms with Crippen molar-refractivity contribution in [3.8, 4) is 0 Å². The van der Waals surface area contributed by atoms with Crippen LogP contribution in [-0.2, 0) is 11.3 Å². The van der Waals surface area contributed by atoms with Crippen LogP contribution in [0.25, 0.3) is 0 Å². The molecular weight excluding hydrogens is 350 g/mol. The molecule has 2 aromatic rings. The first-order chi connectivity index (χ1) is 12.1. The number of aromatic nitrogens is 2. The van der Waals surface area contributed by atoms with Gasteiger partial charge in [-0.1, -0.05) is 41.9 Å². The predicted molar refractivity (Wildman–Crippen MR) is 91.2 cm³/mol. The Balaban J connectivity index is 1.58. The number of hydrogen-bond donors (Lipinski definition) is 1. The summed E-state index contributed by atoms with van der Waals surface area (Å²) in [6.07, 6.45) is -2.58. The van der Waals surface area contributed by atoms with E-state index < -0.39 is 12.0 Å². The van der Waals surface area contributed by atoms with Crippen molar-refractivity contribution in [2.45, 2.75) is 31.1 Å². The molecule has 4 rings (SSSR count). The normalized spacial score (nSPS) is 24.8. The minimum atomic E-state index is -2.52. The van der Waals surface area contributed by atoms with Crippen molar-refractivity contribution in [2.24, 2.45) is 0 Å². The van der Waals surface area contributed by atoms with Crippen LogP contribution in [0.15, 0.2) is 36.4 Å². The largest absolute Gasteiger partial charge is 0.372 e. The zero-order valence-corrected chi connectivity index (χ0v) is 14.1. The number of anilines is 2. The summed E-state index contributed by atoms with van der Waals surface area (Å²) in [5, 5.41) is 10.9. The fraction of sp³-hybridized carbons (Fsp3) is 0.412. The van der Waals surface area contributed by atoms with E-state index in [9.17, 15) is 8.78 Å². The van der Waals surface area contributed by atoms with Gasteiger partial charge in [0, 0.05) is 25.6 Å². The van der Waals surface area contributed by atoms with Crippen LogP contribution >= 0.6 is 11.6 Å². The molecule has 0 amide bonds. The number of fused-ring (bicyclic) bond motifs is 3. The molecule has 1 saturated heterocycles. The van der Waals surface area contributed by atoms with Crippen LogP contribution in [-0.4, -0.2) is 41.4 Å². The van der Waals surface area contributed by atoms with Crippen LogP contribution < -0.4 is 10.2 Å². The second kappa shape index (κ2) is 6.38. The summed E-state index contributed by atoms with van der Waals surface area (Å²) in [7, 11) is 0. The first-order valence-corrected chi connectivity index (χ1v) is 8.45. The smallest absolute Gasteiger partial charge is 0.263 e. The monoisotopic (exact) mass is 366 g/mol. The van der Waals surface area contributed by atoms with Crippen molar-refractivity contribution in [3.05, 3.63) is 47.1 Å². The highest BCUT2D eigenvalue weighted by Crippen LogP contribution is 2.45. The van der Waals surface area contributed by atoms with Crippen LogP contribution in [0.3, 0.4) is 0 Å². The molecule has 1 aromatic heterocycles. The van der Waals surface area contributed by atoms with Gasteiger partial charge >= 0.3 is 0 Å². The van der Waals surface area contributed by atoms with Gasteiger partial charge in [0.1, 0.15) is 5.54 Å². The number of halogens is 3. The van der Waals surface area contributed by atoms with E-state index in [2.05, 4.69) is 15.5 Å². The number of rotatable bonds is 4. The SMILES string of the molecule is FC(F)[C@@]12CNc3nnc(Cl)cc3N1CC(OCc1ccccc1)C2. The molecule has 0 radical (unpaired) electrons. The molecule has 2 atom stereocenters. The number of alkyl halides is 2. The molecule has 8 heteroatoms. The minimum absolute atomic E-state index is 0.0964. The summed E-state index contributed by atoms with van der Waals surface area (Å²) >= 11 is 5.92. The van der Waals surface area contributed by atoms with E-state index in [1.807, 2.05) is 30.3 Å². The van der Waals surface area contributed by atoms with Gasteiger partial charge in [-0.3, -0.25) is 0 Å². The lowest BCUT2D eigenvalue weighted by Crippen LogP contribution is -2.57. The van der Waals surface area contributed by atoms with E-state index in [0.29, 0.717) is 24.7 Å². The Bertz CT molecular complexity index is 764. The first kappa shape index (κ1) is 16.5. The third kappa shape index (κ3) is 2.91. The quantitative estimate of drug-likeness (QED) is 0.899. The molecule has 1 aromatic carbocycles. The van der Waals surface area contributed by atoms with E-state index >= 15 is 0 Å². The van der Waals surface area contributed by atoms with E-state index in [4.69, 9.17) is 16.3 Å². The Morgan fingerprint density at radius 3 is 2.88 bits per heavy atom. The molecule has 132 valence electrons. The van der Waals surface area contributed by atoms with Crippen molar-refractivity contribution in [3.63, 3.8) is 0 Å². The fourth-order valence-corrected chi connectivity index (χ4v) is 3.71. The molecule has 0 aliphatic carbocycles. The number of nitrogens with one attached hydrogen (secondary N) is 1.